The summed E-state index contributed by atoms with van der Waals surface area (Å²) in [5, 5.41) is 2.83. The summed E-state index contributed by atoms with van der Waals surface area (Å²) in [6.45, 7) is 1.05. The molecule has 1 amide bonds. The fourth-order valence-corrected chi connectivity index (χ4v) is 4.98. The number of anilines is 1. The second-order valence-corrected chi connectivity index (χ2v) is 9.23. The van der Waals surface area contributed by atoms with Gasteiger partial charge in [0.15, 0.2) is 0 Å². The van der Waals surface area contributed by atoms with Crippen molar-refractivity contribution < 1.29 is 13.2 Å². The number of amides is 1. The average molecular weight is 431 g/mol. The normalized spacial score (nSPS) is 13.9. The van der Waals surface area contributed by atoms with Crippen LogP contribution in [0.4, 0.5) is 5.69 Å². The third kappa shape index (κ3) is 5.02. The Balaban J connectivity index is 1.51. The molecule has 1 N–H and O–H groups in total. The summed E-state index contributed by atoms with van der Waals surface area (Å²) in [5.41, 5.74) is 2.57. The highest BCUT2D eigenvalue weighted by atomic mass is 32.2. The molecule has 5 nitrogen and oxygen atoms in total. The largest absolute Gasteiger partial charge is 0.322 e. The first-order valence-electron chi connectivity index (χ1n) is 10.1. The number of nitrogens with zero attached hydrogens (tertiary/aromatic N) is 1. The van der Waals surface area contributed by atoms with Crippen LogP contribution in [-0.2, 0) is 10.0 Å². The van der Waals surface area contributed by atoms with Gasteiger partial charge in [-0.1, -0.05) is 42.2 Å². The van der Waals surface area contributed by atoms with Gasteiger partial charge in [0, 0.05) is 35.5 Å². The van der Waals surface area contributed by atoms with Gasteiger partial charge in [-0.2, -0.15) is 4.31 Å². The molecule has 1 aliphatic heterocycles. The molecule has 1 heterocycles. The van der Waals surface area contributed by atoms with Crippen LogP contribution in [0.1, 0.15) is 34.3 Å². The summed E-state index contributed by atoms with van der Waals surface area (Å²) in [4.78, 5) is 12.9. The minimum Gasteiger partial charge on any atom is -0.322 e. The number of benzene rings is 3. The van der Waals surface area contributed by atoms with Crippen molar-refractivity contribution in [2.24, 2.45) is 0 Å². The molecule has 0 saturated carbocycles. The Bertz CT molecular complexity index is 1250. The van der Waals surface area contributed by atoms with Crippen molar-refractivity contribution in [1.29, 1.82) is 0 Å². The van der Waals surface area contributed by atoms with Crippen molar-refractivity contribution in [3.8, 4) is 11.8 Å². The van der Waals surface area contributed by atoms with Crippen LogP contribution >= 0.6 is 0 Å². The Morgan fingerprint density at radius 3 is 2.26 bits per heavy atom. The molecule has 31 heavy (non-hydrogen) atoms. The van der Waals surface area contributed by atoms with Crippen molar-refractivity contribution in [3.05, 3.63) is 95.6 Å². The molecule has 0 radical (unpaired) electrons. The smallest absolute Gasteiger partial charge is 0.255 e. The lowest BCUT2D eigenvalue weighted by Gasteiger charge is -2.16. The number of sulfonamides is 1. The molecule has 0 aromatic heterocycles. The molecule has 0 bridgehead atoms. The van der Waals surface area contributed by atoms with E-state index in [1.165, 1.54) is 16.4 Å². The van der Waals surface area contributed by atoms with E-state index in [4.69, 9.17) is 0 Å². The molecule has 0 atom stereocenters. The molecule has 4 rings (SSSR count). The average Bonchev–Trinajstić information content (AvgIpc) is 3.35. The molecule has 0 spiro atoms. The highest BCUT2D eigenvalue weighted by Crippen LogP contribution is 2.22. The van der Waals surface area contributed by atoms with Crippen LogP contribution in [-0.4, -0.2) is 31.7 Å². The number of hydrogen-bond acceptors (Lipinski definition) is 3. The first kappa shape index (κ1) is 20.9. The zero-order valence-electron chi connectivity index (χ0n) is 16.9. The molecule has 1 fully saturated rings. The van der Waals surface area contributed by atoms with Gasteiger partial charge in [-0.25, -0.2) is 8.42 Å². The number of carbonyl (C=O) groups is 1. The maximum absolute atomic E-state index is 12.8. The van der Waals surface area contributed by atoms with E-state index in [1.807, 2.05) is 42.5 Å². The Hall–Kier alpha value is -3.40. The van der Waals surface area contributed by atoms with Gasteiger partial charge in [-0.05, 0) is 61.4 Å². The summed E-state index contributed by atoms with van der Waals surface area (Å²) in [6.07, 6.45) is 1.73. The molecule has 3 aromatic rings. The number of hydrogen-bond donors (Lipinski definition) is 1. The molecule has 156 valence electrons. The van der Waals surface area contributed by atoms with E-state index in [9.17, 15) is 13.2 Å². The van der Waals surface area contributed by atoms with Gasteiger partial charge in [-0.3, -0.25) is 4.79 Å². The van der Waals surface area contributed by atoms with E-state index < -0.39 is 10.0 Å². The molecular formula is C25H22N2O3S. The fraction of sp³-hybridized carbons (Fsp3) is 0.160. The SMILES string of the molecule is O=C(Nc1cccc(C#Cc2ccccc2)c1)c1cccc(S(=O)(=O)N2CCCC2)c1. The van der Waals surface area contributed by atoms with E-state index in [0.29, 0.717) is 24.3 Å². The maximum atomic E-state index is 12.8. The standard InChI is InChI=1S/C25H22N2O3S/c28-25(22-11-7-13-24(19-22)31(29,30)27-16-4-5-17-27)26-23-12-6-10-21(18-23)15-14-20-8-2-1-3-9-20/h1-3,6-13,18-19H,4-5,16-17H2,(H,26,28). The van der Waals surface area contributed by atoms with Crippen LogP contribution < -0.4 is 5.32 Å². The lowest BCUT2D eigenvalue weighted by atomic mass is 10.1. The summed E-state index contributed by atoms with van der Waals surface area (Å²) in [7, 11) is -3.57. The van der Waals surface area contributed by atoms with Crippen molar-refractivity contribution in [2.45, 2.75) is 17.7 Å². The first-order chi connectivity index (χ1) is 15.0. The van der Waals surface area contributed by atoms with Crippen LogP contribution in [0.25, 0.3) is 0 Å². The fourth-order valence-electron chi connectivity index (χ4n) is 3.42. The molecule has 1 aliphatic rings. The second-order valence-electron chi connectivity index (χ2n) is 7.29. The predicted octanol–water partition coefficient (Wildman–Crippen LogP) is 4.12. The predicted molar refractivity (Wildman–Crippen MR) is 121 cm³/mol. The third-order valence-electron chi connectivity index (χ3n) is 5.04. The van der Waals surface area contributed by atoms with Crippen molar-refractivity contribution in [3.63, 3.8) is 0 Å². The van der Waals surface area contributed by atoms with Gasteiger partial charge in [0.25, 0.3) is 5.91 Å². The minimum atomic E-state index is -3.57. The molecule has 0 unspecified atom stereocenters. The van der Waals surface area contributed by atoms with Gasteiger partial charge in [-0.15, -0.1) is 0 Å². The zero-order chi connectivity index (χ0) is 21.7. The van der Waals surface area contributed by atoms with E-state index in [2.05, 4.69) is 17.2 Å². The Kier molecular flexibility index (Phi) is 6.17. The van der Waals surface area contributed by atoms with Gasteiger partial charge < -0.3 is 5.32 Å². The quantitative estimate of drug-likeness (QED) is 0.633. The van der Waals surface area contributed by atoms with Gasteiger partial charge in [0.05, 0.1) is 4.90 Å². The highest BCUT2D eigenvalue weighted by molar-refractivity contribution is 7.89. The summed E-state index contributed by atoms with van der Waals surface area (Å²) < 4.78 is 27.0. The third-order valence-corrected chi connectivity index (χ3v) is 6.94. The van der Waals surface area contributed by atoms with Crippen molar-refractivity contribution in [2.75, 3.05) is 18.4 Å². The monoisotopic (exact) mass is 430 g/mol. The molecule has 1 saturated heterocycles. The van der Waals surface area contributed by atoms with Gasteiger partial charge >= 0.3 is 0 Å². The topological polar surface area (TPSA) is 66.5 Å². The van der Waals surface area contributed by atoms with Crippen LogP contribution in [0.2, 0.25) is 0 Å². The highest BCUT2D eigenvalue weighted by Gasteiger charge is 2.27. The van der Waals surface area contributed by atoms with Crippen LogP contribution in [0.5, 0.6) is 0 Å². The Morgan fingerprint density at radius 1 is 0.806 bits per heavy atom. The molecule has 0 aliphatic carbocycles. The number of carbonyl (C=O) groups excluding carboxylic acids is 1. The van der Waals surface area contributed by atoms with Crippen LogP contribution in [0, 0.1) is 11.8 Å². The molecular weight excluding hydrogens is 408 g/mol. The summed E-state index contributed by atoms with van der Waals surface area (Å²) in [6, 6.07) is 23.1. The zero-order valence-corrected chi connectivity index (χ0v) is 17.7. The summed E-state index contributed by atoms with van der Waals surface area (Å²) in [5.74, 6) is 5.81. The van der Waals surface area contributed by atoms with E-state index in [-0.39, 0.29) is 10.8 Å². The second kappa shape index (κ2) is 9.17. The molecule has 3 aromatic carbocycles. The van der Waals surface area contributed by atoms with E-state index in [0.717, 1.165) is 24.0 Å². The van der Waals surface area contributed by atoms with Gasteiger partial charge in [0.1, 0.15) is 0 Å². The van der Waals surface area contributed by atoms with E-state index in [1.54, 1.807) is 24.3 Å². The Morgan fingerprint density at radius 2 is 1.48 bits per heavy atom. The van der Waals surface area contributed by atoms with Crippen LogP contribution in [0.3, 0.4) is 0 Å². The van der Waals surface area contributed by atoms with Crippen molar-refractivity contribution >= 4 is 21.6 Å². The van der Waals surface area contributed by atoms with E-state index >= 15 is 0 Å². The number of rotatable bonds is 4. The minimum absolute atomic E-state index is 0.143. The molecule has 6 heteroatoms. The maximum Gasteiger partial charge on any atom is 0.255 e. The van der Waals surface area contributed by atoms with Crippen LogP contribution in [0.15, 0.2) is 83.8 Å². The lowest BCUT2D eigenvalue weighted by Crippen LogP contribution is -2.28. The first-order valence-corrected chi connectivity index (χ1v) is 11.6. The van der Waals surface area contributed by atoms with Crippen molar-refractivity contribution in [1.82, 2.24) is 4.31 Å². The Labute approximate surface area is 182 Å². The number of nitrogens with one attached hydrogen (secondary N) is 1. The summed E-state index contributed by atoms with van der Waals surface area (Å²) >= 11 is 0. The van der Waals surface area contributed by atoms with Gasteiger partial charge in [0.2, 0.25) is 10.0 Å². The lowest BCUT2D eigenvalue weighted by molar-refractivity contribution is 0.102.